The zero-order valence-corrected chi connectivity index (χ0v) is 19.3. The summed E-state index contributed by atoms with van der Waals surface area (Å²) >= 11 is 1.20. The number of hydrogen-bond donors (Lipinski definition) is 1. The summed E-state index contributed by atoms with van der Waals surface area (Å²) in [5.41, 5.74) is 1.33. The molecule has 1 unspecified atom stereocenters. The minimum absolute atomic E-state index is 0.0279. The van der Waals surface area contributed by atoms with Gasteiger partial charge in [0.05, 0.1) is 5.75 Å². The van der Waals surface area contributed by atoms with Crippen LogP contribution >= 0.6 is 11.3 Å². The first-order valence-corrected chi connectivity index (χ1v) is 13.0. The Kier molecular flexibility index (Phi) is 6.00. The van der Waals surface area contributed by atoms with Crippen molar-refractivity contribution in [1.29, 1.82) is 0 Å². The maximum atomic E-state index is 12.9. The Labute approximate surface area is 195 Å². The Bertz CT molecular complexity index is 1260. The summed E-state index contributed by atoms with van der Waals surface area (Å²) in [5, 5.41) is 11.9. The van der Waals surface area contributed by atoms with Crippen LogP contribution in [0.15, 0.2) is 48.5 Å². The van der Waals surface area contributed by atoms with E-state index in [0.29, 0.717) is 35.3 Å². The molecule has 11 heteroatoms. The summed E-state index contributed by atoms with van der Waals surface area (Å²) in [6.07, 6.45) is 1.53. The first kappa shape index (κ1) is 21.8. The number of nitrogens with one attached hydrogen (secondary N) is 1. The van der Waals surface area contributed by atoms with Crippen molar-refractivity contribution in [3.05, 3.63) is 64.1 Å². The molecule has 3 aromatic rings. The number of piperidine rings is 1. The number of sulfonamides is 1. The molecule has 9 nitrogen and oxygen atoms in total. The summed E-state index contributed by atoms with van der Waals surface area (Å²) < 4.78 is 38.0. The zero-order valence-electron chi connectivity index (χ0n) is 17.6. The smallest absolute Gasteiger partial charge is 0.286 e. The van der Waals surface area contributed by atoms with E-state index in [2.05, 4.69) is 15.5 Å². The van der Waals surface area contributed by atoms with Crippen molar-refractivity contribution in [1.82, 2.24) is 14.5 Å². The molecule has 1 saturated heterocycles. The van der Waals surface area contributed by atoms with Gasteiger partial charge in [0, 0.05) is 30.8 Å². The van der Waals surface area contributed by atoms with E-state index < -0.39 is 10.0 Å². The van der Waals surface area contributed by atoms with Gasteiger partial charge >= 0.3 is 0 Å². The van der Waals surface area contributed by atoms with Crippen LogP contribution in [0.3, 0.4) is 0 Å². The van der Waals surface area contributed by atoms with Crippen LogP contribution in [0.5, 0.6) is 11.5 Å². The van der Waals surface area contributed by atoms with E-state index >= 15 is 0 Å². The molecule has 0 spiro atoms. The number of benzene rings is 2. The van der Waals surface area contributed by atoms with Crippen LogP contribution < -0.4 is 14.8 Å². The van der Waals surface area contributed by atoms with Crippen molar-refractivity contribution in [2.45, 2.75) is 24.5 Å². The highest BCUT2D eigenvalue weighted by Gasteiger charge is 2.32. The molecule has 33 heavy (non-hydrogen) atoms. The maximum absolute atomic E-state index is 12.9. The van der Waals surface area contributed by atoms with Crippen molar-refractivity contribution in [2.24, 2.45) is 0 Å². The number of hydrogen-bond acceptors (Lipinski definition) is 8. The minimum Gasteiger partial charge on any atom is -0.454 e. The van der Waals surface area contributed by atoms with E-state index in [1.807, 2.05) is 30.3 Å². The van der Waals surface area contributed by atoms with Crippen LogP contribution in [0.25, 0.3) is 0 Å². The Balaban J connectivity index is 1.25. The SMILES string of the molecule is O=C(Nc1ccc2c(c1)OCO2)c1nnc(C2CCCN(S(=O)(=O)Cc3ccccc3)C2)s1. The third-order valence-corrected chi connectivity index (χ3v) is 8.49. The molecular formula is C22H22N4O5S2. The van der Waals surface area contributed by atoms with Crippen LogP contribution in [0.4, 0.5) is 5.69 Å². The number of rotatable bonds is 6. The first-order valence-electron chi connectivity index (χ1n) is 10.5. The molecule has 3 heterocycles. The number of aromatic nitrogens is 2. The van der Waals surface area contributed by atoms with Gasteiger partial charge < -0.3 is 14.8 Å². The molecule has 0 radical (unpaired) electrons. The molecule has 1 amide bonds. The Morgan fingerprint density at radius 2 is 1.94 bits per heavy atom. The summed E-state index contributed by atoms with van der Waals surface area (Å²) in [6, 6.07) is 14.3. The fourth-order valence-electron chi connectivity index (χ4n) is 3.92. The predicted octanol–water partition coefficient (Wildman–Crippen LogP) is 3.23. The van der Waals surface area contributed by atoms with Gasteiger partial charge in [0.2, 0.25) is 21.8 Å². The molecular weight excluding hydrogens is 464 g/mol. The highest BCUT2D eigenvalue weighted by Crippen LogP contribution is 2.35. The maximum Gasteiger partial charge on any atom is 0.286 e. The van der Waals surface area contributed by atoms with Gasteiger partial charge in [-0.1, -0.05) is 41.7 Å². The number of carbonyl (C=O) groups excluding carboxylic acids is 1. The molecule has 2 aliphatic rings. The average Bonchev–Trinajstić information content (AvgIpc) is 3.49. The van der Waals surface area contributed by atoms with Crippen molar-refractivity contribution in [2.75, 3.05) is 25.2 Å². The summed E-state index contributed by atoms with van der Waals surface area (Å²) in [6.45, 7) is 0.988. The molecule has 0 bridgehead atoms. The van der Waals surface area contributed by atoms with Gasteiger partial charge in [0.15, 0.2) is 11.5 Å². The highest BCUT2D eigenvalue weighted by atomic mass is 32.2. The number of nitrogens with zero attached hydrogens (tertiary/aromatic N) is 3. The lowest BCUT2D eigenvalue weighted by Gasteiger charge is -2.30. The van der Waals surface area contributed by atoms with Gasteiger partial charge in [-0.25, -0.2) is 12.7 Å². The molecule has 1 aromatic heterocycles. The van der Waals surface area contributed by atoms with Crippen molar-refractivity contribution >= 4 is 33.0 Å². The Morgan fingerprint density at radius 1 is 1.12 bits per heavy atom. The van der Waals surface area contributed by atoms with Crippen molar-refractivity contribution in [3.8, 4) is 11.5 Å². The van der Waals surface area contributed by atoms with Gasteiger partial charge in [0.25, 0.3) is 5.91 Å². The van der Waals surface area contributed by atoms with E-state index in [1.165, 1.54) is 15.6 Å². The standard InChI is InChI=1S/C22H22N4O5S2/c27-20(23-17-8-9-18-19(11-17)31-14-30-18)22-25-24-21(32-22)16-7-4-10-26(12-16)33(28,29)13-15-5-2-1-3-6-15/h1-3,5-6,8-9,11,16H,4,7,10,12-14H2,(H,23,27). The van der Waals surface area contributed by atoms with Crippen molar-refractivity contribution < 1.29 is 22.7 Å². The second-order valence-electron chi connectivity index (χ2n) is 7.91. The normalized spacial score (nSPS) is 18.2. The lowest BCUT2D eigenvalue weighted by Crippen LogP contribution is -2.39. The van der Waals surface area contributed by atoms with Crippen LogP contribution in [0.1, 0.15) is 39.1 Å². The lowest BCUT2D eigenvalue weighted by molar-refractivity contribution is 0.102. The summed E-state index contributed by atoms with van der Waals surface area (Å²) in [7, 11) is -3.44. The Hall–Kier alpha value is -3.02. The molecule has 0 saturated carbocycles. The van der Waals surface area contributed by atoms with Gasteiger partial charge in [-0.05, 0) is 30.5 Å². The van der Waals surface area contributed by atoms with Gasteiger partial charge in [-0.2, -0.15) is 0 Å². The summed E-state index contributed by atoms with van der Waals surface area (Å²) in [5.74, 6) is 0.718. The monoisotopic (exact) mass is 486 g/mol. The van der Waals surface area contributed by atoms with E-state index in [9.17, 15) is 13.2 Å². The van der Waals surface area contributed by atoms with Crippen LogP contribution in [0, 0.1) is 0 Å². The molecule has 2 aromatic carbocycles. The number of anilines is 1. The van der Waals surface area contributed by atoms with Crippen LogP contribution in [-0.2, 0) is 15.8 Å². The number of amides is 1. The topological polar surface area (TPSA) is 111 Å². The van der Waals surface area contributed by atoms with Gasteiger partial charge in [-0.3, -0.25) is 4.79 Å². The average molecular weight is 487 g/mol. The second kappa shape index (κ2) is 9.08. The molecule has 2 aliphatic heterocycles. The van der Waals surface area contributed by atoms with Crippen molar-refractivity contribution in [3.63, 3.8) is 0 Å². The quantitative estimate of drug-likeness (QED) is 0.569. The number of fused-ring (bicyclic) bond motifs is 1. The third kappa shape index (κ3) is 4.85. The fraction of sp³-hybridized carbons (Fsp3) is 0.318. The third-order valence-electron chi connectivity index (χ3n) is 5.58. The van der Waals surface area contributed by atoms with Crippen LogP contribution in [-0.4, -0.2) is 48.7 Å². The van der Waals surface area contributed by atoms with Crippen LogP contribution in [0.2, 0.25) is 0 Å². The number of carbonyl (C=O) groups is 1. The largest absolute Gasteiger partial charge is 0.454 e. The van der Waals surface area contributed by atoms with E-state index in [0.717, 1.165) is 18.4 Å². The van der Waals surface area contributed by atoms with E-state index in [-0.39, 0.29) is 29.4 Å². The zero-order chi connectivity index (χ0) is 22.8. The van der Waals surface area contributed by atoms with E-state index in [1.54, 1.807) is 18.2 Å². The fourth-order valence-corrected chi connectivity index (χ4v) is 6.40. The van der Waals surface area contributed by atoms with E-state index in [4.69, 9.17) is 9.47 Å². The first-order chi connectivity index (χ1) is 16.0. The molecule has 1 fully saturated rings. The second-order valence-corrected chi connectivity index (χ2v) is 10.9. The lowest BCUT2D eigenvalue weighted by atomic mass is 10.0. The molecule has 1 N–H and O–H groups in total. The van der Waals surface area contributed by atoms with Gasteiger partial charge in [-0.15, -0.1) is 10.2 Å². The molecule has 0 aliphatic carbocycles. The minimum atomic E-state index is -3.44. The predicted molar refractivity (Wildman–Crippen MR) is 123 cm³/mol. The molecule has 1 atom stereocenters. The summed E-state index contributed by atoms with van der Waals surface area (Å²) in [4.78, 5) is 12.7. The van der Waals surface area contributed by atoms with Gasteiger partial charge in [0.1, 0.15) is 5.01 Å². The molecule has 5 rings (SSSR count). The molecule has 172 valence electrons. The highest BCUT2D eigenvalue weighted by molar-refractivity contribution is 7.88. The Morgan fingerprint density at radius 3 is 2.79 bits per heavy atom. The number of ether oxygens (including phenoxy) is 2.